The SMILES string of the molecule is N#C/C(=C\c1cc(Br)ccc1OCc1ccc(Cl)c(Cl)c1)C(=O)Nc1cccc([N+](=O)[O-])c1. The summed E-state index contributed by atoms with van der Waals surface area (Å²) in [5.41, 5.74) is 1.07. The van der Waals surface area contributed by atoms with Crippen LogP contribution in [-0.4, -0.2) is 10.8 Å². The van der Waals surface area contributed by atoms with Crippen molar-refractivity contribution in [2.24, 2.45) is 0 Å². The maximum Gasteiger partial charge on any atom is 0.271 e. The van der Waals surface area contributed by atoms with Crippen molar-refractivity contribution in [3.8, 4) is 11.8 Å². The van der Waals surface area contributed by atoms with E-state index in [0.29, 0.717) is 25.8 Å². The fraction of sp³-hybridized carbons (Fsp3) is 0.0435. The van der Waals surface area contributed by atoms with Gasteiger partial charge in [0.25, 0.3) is 11.6 Å². The van der Waals surface area contributed by atoms with E-state index < -0.39 is 10.8 Å². The van der Waals surface area contributed by atoms with Crippen molar-refractivity contribution >= 4 is 62.5 Å². The summed E-state index contributed by atoms with van der Waals surface area (Å²) in [6.45, 7) is 0.182. The van der Waals surface area contributed by atoms with Gasteiger partial charge in [0.1, 0.15) is 24.0 Å². The summed E-state index contributed by atoms with van der Waals surface area (Å²) < 4.78 is 6.59. The zero-order valence-electron chi connectivity index (χ0n) is 16.7. The largest absolute Gasteiger partial charge is 0.488 e. The van der Waals surface area contributed by atoms with E-state index in [1.165, 1.54) is 30.3 Å². The van der Waals surface area contributed by atoms with E-state index in [9.17, 15) is 20.2 Å². The van der Waals surface area contributed by atoms with Gasteiger partial charge in [0.05, 0.1) is 15.0 Å². The molecule has 0 unspecified atom stereocenters. The second kappa shape index (κ2) is 11.0. The molecule has 0 radical (unpaired) electrons. The fourth-order valence-corrected chi connectivity index (χ4v) is 3.45. The van der Waals surface area contributed by atoms with Crippen LogP contribution in [0, 0.1) is 21.4 Å². The van der Waals surface area contributed by atoms with Crippen LogP contribution < -0.4 is 10.1 Å². The lowest BCUT2D eigenvalue weighted by atomic mass is 10.1. The molecule has 3 rings (SSSR count). The Morgan fingerprint density at radius 2 is 1.94 bits per heavy atom. The zero-order chi connectivity index (χ0) is 24.0. The number of nitro groups is 1. The summed E-state index contributed by atoms with van der Waals surface area (Å²) in [4.78, 5) is 23.0. The molecule has 0 fully saturated rings. The van der Waals surface area contributed by atoms with E-state index >= 15 is 0 Å². The molecule has 10 heteroatoms. The first-order chi connectivity index (χ1) is 15.8. The Morgan fingerprint density at radius 1 is 1.15 bits per heavy atom. The Morgan fingerprint density at radius 3 is 2.64 bits per heavy atom. The average Bonchev–Trinajstić information content (AvgIpc) is 2.79. The van der Waals surface area contributed by atoms with Gasteiger partial charge in [-0.3, -0.25) is 14.9 Å². The number of amides is 1. The normalized spacial score (nSPS) is 10.9. The number of halogens is 3. The van der Waals surface area contributed by atoms with Crippen LogP contribution >= 0.6 is 39.1 Å². The number of hydrogen-bond donors (Lipinski definition) is 1. The Kier molecular flexibility index (Phi) is 8.06. The molecule has 3 aromatic rings. The van der Waals surface area contributed by atoms with Gasteiger partial charge in [0, 0.05) is 27.9 Å². The maximum atomic E-state index is 12.6. The predicted molar refractivity (Wildman–Crippen MR) is 130 cm³/mol. The van der Waals surface area contributed by atoms with Gasteiger partial charge >= 0.3 is 0 Å². The molecule has 3 aromatic carbocycles. The molecule has 0 atom stereocenters. The van der Waals surface area contributed by atoms with Crippen LogP contribution in [0.2, 0.25) is 10.0 Å². The van der Waals surface area contributed by atoms with Crippen LogP contribution in [0.4, 0.5) is 11.4 Å². The molecule has 166 valence electrons. The van der Waals surface area contributed by atoms with Gasteiger partial charge in [-0.25, -0.2) is 0 Å². The van der Waals surface area contributed by atoms with Gasteiger partial charge in [-0.2, -0.15) is 5.26 Å². The van der Waals surface area contributed by atoms with Crippen molar-refractivity contribution in [1.29, 1.82) is 5.26 Å². The van der Waals surface area contributed by atoms with E-state index in [2.05, 4.69) is 21.2 Å². The number of carbonyl (C=O) groups is 1. The summed E-state index contributed by atoms with van der Waals surface area (Å²) in [6.07, 6.45) is 1.38. The number of non-ortho nitro benzene ring substituents is 1. The first kappa shape index (κ1) is 24.3. The summed E-state index contributed by atoms with van der Waals surface area (Å²) in [5.74, 6) is -0.284. The molecule has 0 aliphatic heterocycles. The van der Waals surface area contributed by atoms with Gasteiger partial charge in [-0.05, 0) is 48.0 Å². The number of nitrogens with one attached hydrogen (secondary N) is 1. The third-order valence-electron chi connectivity index (χ3n) is 4.33. The smallest absolute Gasteiger partial charge is 0.271 e. The average molecular weight is 547 g/mol. The molecule has 1 amide bonds. The molecule has 0 saturated heterocycles. The Labute approximate surface area is 207 Å². The maximum absolute atomic E-state index is 12.6. The lowest BCUT2D eigenvalue weighted by Gasteiger charge is -2.11. The minimum atomic E-state index is -0.714. The van der Waals surface area contributed by atoms with Crippen molar-refractivity contribution in [2.45, 2.75) is 6.61 Å². The number of rotatable bonds is 7. The lowest BCUT2D eigenvalue weighted by Crippen LogP contribution is -2.13. The summed E-state index contributed by atoms with van der Waals surface area (Å²) in [5, 5.41) is 23.8. The molecular weight excluding hydrogens is 533 g/mol. The highest BCUT2D eigenvalue weighted by molar-refractivity contribution is 9.10. The monoisotopic (exact) mass is 545 g/mol. The van der Waals surface area contributed by atoms with Crippen molar-refractivity contribution < 1.29 is 14.5 Å². The quantitative estimate of drug-likeness (QED) is 0.152. The Bertz CT molecular complexity index is 1310. The van der Waals surface area contributed by atoms with Gasteiger partial charge in [0.15, 0.2) is 0 Å². The minimum absolute atomic E-state index is 0.180. The molecule has 0 aliphatic carbocycles. The molecule has 0 aromatic heterocycles. The van der Waals surface area contributed by atoms with E-state index in [4.69, 9.17) is 27.9 Å². The first-order valence-electron chi connectivity index (χ1n) is 9.30. The molecule has 0 aliphatic rings. The van der Waals surface area contributed by atoms with Crippen molar-refractivity contribution in [1.82, 2.24) is 0 Å². The molecule has 0 bridgehead atoms. The van der Waals surface area contributed by atoms with E-state index in [-0.39, 0.29) is 23.6 Å². The topological polar surface area (TPSA) is 105 Å². The highest BCUT2D eigenvalue weighted by Gasteiger charge is 2.14. The number of anilines is 1. The number of nitriles is 1. The van der Waals surface area contributed by atoms with Gasteiger partial charge < -0.3 is 10.1 Å². The Balaban J connectivity index is 1.83. The van der Waals surface area contributed by atoms with Crippen molar-refractivity contribution in [2.75, 3.05) is 5.32 Å². The number of nitrogens with zero attached hydrogens (tertiary/aromatic N) is 2. The van der Waals surface area contributed by atoms with Crippen LogP contribution in [0.1, 0.15) is 11.1 Å². The van der Waals surface area contributed by atoms with Crippen LogP contribution in [-0.2, 0) is 11.4 Å². The highest BCUT2D eigenvalue weighted by Crippen LogP contribution is 2.28. The fourth-order valence-electron chi connectivity index (χ4n) is 2.75. The van der Waals surface area contributed by atoms with E-state index in [0.717, 1.165) is 5.56 Å². The standard InChI is InChI=1S/C23H14BrCl2N3O4/c24-17-5-7-22(33-13-14-4-6-20(25)21(26)8-14)15(10-17)9-16(12-27)23(30)28-18-2-1-3-19(11-18)29(31)32/h1-11H,13H2,(H,28,30)/b16-9+. The summed E-state index contributed by atoms with van der Waals surface area (Å²) in [7, 11) is 0. The minimum Gasteiger partial charge on any atom is -0.488 e. The summed E-state index contributed by atoms with van der Waals surface area (Å²) >= 11 is 15.4. The third-order valence-corrected chi connectivity index (χ3v) is 5.56. The number of hydrogen-bond acceptors (Lipinski definition) is 5. The molecule has 0 heterocycles. The van der Waals surface area contributed by atoms with Crippen molar-refractivity contribution in [3.05, 3.63) is 102 Å². The first-order valence-corrected chi connectivity index (χ1v) is 10.9. The molecule has 33 heavy (non-hydrogen) atoms. The third kappa shape index (κ3) is 6.56. The van der Waals surface area contributed by atoms with Gasteiger partial charge in [-0.1, -0.05) is 51.3 Å². The second-order valence-corrected chi connectivity index (χ2v) is 8.38. The number of carbonyl (C=O) groups excluding carboxylic acids is 1. The van der Waals surface area contributed by atoms with E-state index in [1.807, 2.05) is 6.07 Å². The van der Waals surface area contributed by atoms with Gasteiger partial charge in [0.2, 0.25) is 0 Å². The number of nitro benzene ring substituents is 1. The van der Waals surface area contributed by atoms with Crippen LogP contribution in [0.3, 0.4) is 0 Å². The zero-order valence-corrected chi connectivity index (χ0v) is 19.8. The number of ether oxygens (including phenoxy) is 1. The molecule has 0 spiro atoms. The van der Waals surface area contributed by atoms with Gasteiger partial charge in [-0.15, -0.1) is 0 Å². The molecule has 7 nitrogen and oxygen atoms in total. The van der Waals surface area contributed by atoms with Crippen LogP contribution in [0.25, 0.3) is 6.08 Å². The van der Waals surface area contributed by atoms with Crippen LogP contribution in [0.5, 0.6) is 5.75 Å². The number of benzene rings is 3. The van der Waals surface area contributed by atoms with Crippen LogP contribution in [0.15, 0.2) is 70.7 Å². The lowest BCUT2D eigenvalue weighted by molar-refractivity contribution is -0.384. The molecular formula is C23H14BrCl2N3O4. The Hall–Kier alpha value is -3.38. The van der Waals surface area contributed by atoms with Crippen molar-refractivity contribution in [3.63, 3.8) is 0 Å². The van der Waals surface area contributed by atoms with E-state index in [1.54, 1.807) is 36.4 Å². The molecule has 0 saturated carbocycles. The highest BCUT2D eigenvalue weighted by atomic mass is 79.9. The second-order valence-electron chi connectivity index (χ2n) is 6.65. The molecule has 1 N–H and O–H groups in total. The summed E-state index contributed by atoms with van der Waals surface area (Å²) in [6, 6.07) is 17.6. The predicted octanol–water partition coefficient (Wildman–Crippen LogP) is 6.79.